The van der Waals surface area contributed by atoms with Gasteiger partial charge >= 0.3 is 32.0 Å². The van der Waals surface area contributed by atoms with Crippen molar-refractivity contribution in [3.05, 3.63) is 0 Å². The van der Waals surface area contributed by atoms with Crippen molar-refractivity contribution in [2.75, 3.05) is 0 Å². The molecule has 8 heteroatoms. The summed E-state index contributed by atoms with van der Waals surface area (Å²) in [5.74, 6) is -2.26. The first kappa shape index (κ1) is 24.2. The fourth-order valence-corrected chi connectivity index (χ4v) is 1.10. The van der Waals surface area contributed by atoms with Crippen LogP contribution in [0.4, 0.5) is 0 Å². The number of aliphatic hydroxyl groups is 2. The average Bonchev–Trinajstić information content (AvgIpc) is 2.47. The zero-order valence-electron chi connectivity index (χ0n) is 12.3. The van der Waals surface area contributed by atoms with Crippen molar-refractivity contribution in [3.8, 4) is 0 Å². The molecule has 0 radical (unpaired) electrons. The first-order valence-corrected chi connectivity index (χ1v) is 6.73. The molecule has 0 aliphatic heterocycles. The minimum absolute atomic E-state index is 0.263. The summed E-state index contributed by atoms with van der Waals surface area (Å²) in [4.78, 5) is 20.5. The molecule has 120 valence electrons. The van der Waals surface area contributed by atoms with Gasteiger partial charge in [0.15, 0.2) is 11.2 Å². The van der Waals surface area contributed by atoms with Gasteiger partial charge in [-0.25, -0.2) is 9.59 Å². The first-order chi connectivity index (χ1) is 9.13. The van der Waals surface area contributed by atoms with E-state index in [1.54, 1.807) is 27.7 Å². The van der Waals surface area contributed by atoms with E-state index in [1.807, 2.05) is 0 Å². The number of rotatable bonds is 6. The van der Waals surface area contributed by atoms with Crippen molar-refractivity contribution in [1.82, 2.24) is 0 Å². The maximum atomic E-state index is 10.2. The predicted octanol–water partition coefficient (Wildman–Crippen LogP) is 1.12. The Labute approximate surface area is 127 Å². The molecular weight excluding hydrogens is 308 g/mol. The standard InChI is InChI=1S/2C6H12O3.Cr.O/c2*1-3-6(9,4-2)5(7)8;;/h2*9H,3-4H2,1-2H3,(H,7,8);;. The molecule has 20 heavy (non-hydrogen) atoms. The molecule has 0 saturated carbocycles. The summed E-state index contributed by atoms with van der Waals surface area (Å²) < 4.78 is 8.12. The Kier molecular flexibility index (Phi) is 14.5. The fraction of sp³-hybridized carbons (Fsp3) is 0.833. The summed E-state index contributed by atoms with van der Waals surface area (Å²) in [5.41, 5.74) is -3.00. The van der Waals surface area contributed by atoms with Gasteiger partial charge in [-0.3, -0.25) is 0 Å². The van der Waals surface area contributed by atoms with Crippen LogP contribution in [0.1, 0.15) is 53.4 Å². The molecule has 0 saturated heterocycles. The van der Waals surface area contributed by atoms with Crippen molar-refractivity contribution >= 4 is 11.9 Å². The molecule has 0 aliphatic carbocycles. The molecule has 0 bridgehead atoms. The molecule has 0 rings (SSSR count). The number of carbonyl (C=O) groups is 2. The quantitative estimate of drug-likeness (QED) is 0.573. The van der Waals surface area contributed by atoms with Crippen LogP contribution in [0, 0.1) is 0 Å². The van der Waals surface area contributed by atoms with Crippen LogP contribution in [0.2, 0.25) is 0 Å². The van der Waals surface area contributed by atoms with Crippen LogP contribution >= 0.6 is 0 Å². The summed E-state index contributed by atoms with van der Waals surface area (Å²) >= 11 is 1.38. The Morgan fingerprint density at radius 1 is 0.750 bits per heavy atom. The molecule has 0 aromatic carbocycles. The van der Waals surface area contributed by atoms with Gasteiger partial charge in [-0.2, -0.15) is 0 Å². The van der Waals surface area contributed by atoms with E-state index in [9.17, 15) is 9.59 Å². The van der Waals surface area contributed by atoms with E-state index in [-0.39, 0.29) is 25.7 Å². The average molecular weight is 332 g/mol. The Bertz CT molecular complexity index is 258. The topological polar surface area (TPSA) is 132 Å². The van der Waals surface area contributed by atoms with E-state index in [1.165, 1.54) is 16.2 Å². The van der Waals surface area contributed by atoms with E-state index in [2.05, 4.69) is 0 Å². The molecule has 0 aromatic rings. The molecule has 0 atom stereocenters. The molecule has 4 N–H and O–H groups in total. The number of carboxylic acids is 2. The van der Waals surface area contributed by atoms with E-state index >= 15 is 0 Å². The van der Waals surface area contributed by atoms with Gasteiger partial charge in [0.1, 0.15) is 0 Å². The van der Waals surface area contributed by atoms with Crippen LogP contribution in [-0.4, -0.2) is 43.6 Å². The first-order valence-electron chi connectivity index (χ1n) is 6.21. The van der Waals surface area contributed by atoms with Gasteiger partial charge in [-0.1, -0.05) is 27.7 Å². The van der Waals surface area contributed by atoms with E-state index in [0.717, 1.165) is 0 Å². The second-order valence-corrected chi connectivity index (χ2v) is 4.09. The molecule has 0 amide bonds. The maximum absolute atomic E-state index is 10.2. The van der Waals surface area contributed by atoms with Crippen LogP contribution in [0.3, 0.4) is 0 Å². The molecule has 0 unspecified atom stereocenters. The number of carboxylic acid groups (broad SMARTS) is 2. The number of hydrogen-bond donors (Lipinski definition) is 4. The third-order valence-electron chi connectivity index (χ3n) is 3.14. The number of aliphatic carboxylic acids is 2. The summed E-state index contributed by atoms with van der Waals surface area (Å²) in [6.07, 6.45) is 1.05. The normalized spacial score (nSPS) is 10.5. The molecule has 0 aromatic heterocycles. The van der Waals surface area contributed by atoms with Crippen molar-refractivity contribution in [1.29, 1.82) is 0 Å². The van der Waals surface area contributed by atoms with E-state index < -0.39 is 23.1 Å². The Morgan fingerprint density at radius 3 is 0.900 bits per heavy atom. The van der Waals surface area contributed by atoms with Gasteiger partial charge in [0.2, 0.25) is 0 Å². The van der Waals surface area contributed by atoms with Gasteiger partial charge < -0.3 is 20.4 Å². The molecule has 0 fully saturated rings. The van der Waals surface area contributed by atoms with Crippen LogP contribution in [-0.2, 0) is 29.6 Å². The predicted molar refractivity (Wildman–Crippen MR) is 67.0 cm³/mol. The van der Waals surface area contributed by atoms with Gasteiger partial charge in [0, 0.05) is 0 Å². The SMILES string of the molecule is CCC(O)(CC)C(=O)O.CCC(O)(CC)C(=O)O.[O]=[Cr]. The molecule has 0 heterocycles. The Hall–Kier alpha value is -0.808. The van der Waals surface area contributed by atoms with Crippen LogP contribution in [0.15, 0.2) is 0 Å². The summed E-state index contributed by atoms with van der Waals surface area (Å²) in [6.45, 7) is 6.60. The molecule has 7 nitrogen and oxygen atoms in total. The zero-order chi connectivity index (χ0) is 17.0. The monoisotopic (exact) mass is 332 g/mol. The molecule has 0 spiro atoms. The Balaban J connectivity index is -0.000000257. The van der Waals surface area contributed by atoms with Gasteiger partial charge in [0.05, 0.1) is 0 Å². The summed E-state index contributed by atoms with van der Waals surface area (Å²) in [7, 11) is 0. The zero-order valence-corrected chi connectivity index (χ0v) is 13.5. The van der Waals surface area contributed by atoms with Crippen LogP contribution in [0.5, 0.6) is 0 Å². The third kappa shape index (κ3) is 8.38. The second-order valence-electron chi connectivity index (χ2n) is 4.09. The second kappa shape index (κ2) is 12.0. The van der Waals surface area contributed by atoms with E-state index in [4.69, 9.17) is 24.2 Å². The van der Waals surface area contributed by atoms with Crippen LogP contribution in [0.25, 0.3) is 0 Å². The third-order valence-corrected chi connectivity index (χ3v) is 3.14. The van der Waals surface area contributed by atoms with E-state index in [0.29, 0.717) is 0 Å². The number of hydrogen-bond acceptors (Lipinski definition) is 5. The minimum atomic E-state index is -1.50. The van der Waals surface area contributed by atoms with Crippen molar-refractivity contribution in [3.63, 3.8) is 0 Å². The summed E-state index contributed by atoms with van der Waals surface area (Å²) in [6, 6.07) is 0. The molecule has 0 aliphatic rings. The molecular formula is C12H24CrO7. The van der Waals surface area contributed by atoms with Crippen molar-refractivity contribution < 1.29 is 50.0 Å². The van der Waals surface area contributed by atoms with Crippen molar-refractivity contribution in [2.45, 2.75) is 64.6 Å². The van der Waals surface area contributed by atoms with Crippen molar-refractivity contribution in [2.24, 2.45) is 0 Å². The fourth-order valence-electron chi connectivity index (χ4n) is 1.10. The van der Waals surface area contributed by atoms with Gasteiger partial charge in [-0.05, 0) is 25.7 Å². The van der Waals surface area contributed by atoms with Gasteiger partial charge in [-0.15, -0.1) is 0 Å². The summed E-state index contributed by atoms with van der Waals surface area (Å²) in [5, 5.41) is 35.0. The Morgan fingerprint density at radius 2 is 0.900 bits per heavy atom. The van der Waals surface area contributed by atoms with Crippen LogP contribution < -0.4 is 0 Å². The van der Waals surface area contributed by atoms with Gasteiger partial charge in [0.25, 0.3) is 0 Å².